The summed E-state index contributed by atoms with van der Waals surface area (Å²) in [4.78, 5) is 11.7. The molecule has 0 heterocycles. The van der Waals surface area contributed by atoms with Crippen molar-refractivity contribution in [2.75, 3.05) is 6.73 Å². The SMILES string of the molecule is Cc1cccc(OCNC(=O)NCc2cccc(Br)c2)c1C. The van der Waals surface area contributed by atoms with Gasteiger partial charge < -0.3 is 15.4 Å². The van der Waals surface area contributed by atoms with E-state index < -0.39 is 0 Å². The molecule has 2 rings (SSSR count). The average molecular weight is 363 g/mol. The first-order valence-electron chi connectivity index (χ1n) is 7.01. The van der Waals surface area contributed by atoms with Gasteiger partial charge in [0.2, 0.25) is 0 Å². The van der Waals surface area contributed by atoms with Gasteiger partial charge in [-0.2, -0.15) is 0 Å². The molecule has 0 saturated carbocycles. The topological polar surface area (TPSA) is 50.4 Å². The summed E-state index contributed by atoms with van der Waals surface area (Å²) in [6.07, 6.45) is 0. The highest BCUT2D eigenvalue weighted by molar-refractivity contribution is 9.10. The Kier molecular flexibility index (Phi) is 5.83. The fourth-order valence-corrected chi connectivity index (χ4v) is 2.40. The molecule has 2 amide bonds. The van der Waals surface area contributed by atoms with E-state index in [1.54, 1.807) is 0 Å². The maximum absolute atomic E-state index is 11.7. The zero-order valence-corrected chi connectivity index (χ0v) is 14.2. The van der Waals surface area contributed by atoms with Gasteiger partial charge in [0.1, 0.15) is 5.75 Å². The van der Waals surface area contributed by atoms with Crippen LogP contribution < -0.4 is 15.4 Å². The summed E-state index contributed by atoms with van der Waals surface area (Å²) in [5.41, 5.74) is 3.27. The number of amides is 2. The molecule has 0 aliphatic heterocycles. The molecule has 4 nitrogen and oxygen atoms in total. The molecule has 0 unspecified atom stereocenters. The number of ether oxygens (including phenoxy) is 1. The van der Waals surface area contributed by atoms with Crippen molar-refractivity contribution in [1.29, 1.82) is 0 Å². The fraction of sp³-hybridized carbons (Fsp3) is 0.235. The molecule has 0 radical (unpaired) electrons. The lowest BCUT2D eigenvalue weighted by Crippen LogP contribution is -2.37. The van der Waals surface area contributed by atoms with Crippen molar-refractivity contribution in [1.82, 2.24) is 10.6 Å². The smallest absolute Gasteiger partial charge is 0.317 e. The Morgan fingerprint density at radius 3 is 2.68 bits per heavy atom. The maximum atomic E-state index is 11.7. The van der Waals surface area contributed by atoms with E-state index in [0.717, 1.165) is 26.9 Å². The largest absolute Gasteiger partial charge is 0.473 e. The van der Waals surface area contributed by atoms with Crippen LogP contribution in [0.4, 0.5) is 4.79 Å². The van der Waals surface area contributed by atoms with Crippen molar-refractivity contribution < 1.29 is 9.53 Å². The van der Waals surface area contributed by atoms with E-state index in [1.165, 1.54) is 0 Å². The van der Waals surface area contributed by atoms with Gasteiger partial charge >= 0.3 is 6.03 Å². The number of urea groups is 1. The molecule has 0 spiro atoms. The van der Waals surface area contributed by atoms with E-state index in [4.69, 9.17) is 4.74 Å². The monoisotopic (exact) mass is 362 g/mol. The third-order valence-electron chi connectivity index (χ3n) is 3.36. The van der Waals surface area contributed by atoms with Crippen LogP contribution >= 0.6 is 15.9 Å². The number of halogens is 1. The van der Waals surface area contributed by atoms with Gasteiger partial charge in [-0.1, -0.05) is 40.2 Å². The van der Waals surface area contributed by atoms with Crippen molar-refractivity contribution >= 4 is 22.0 Å². The molecule has 0 aliphatic carbocycles. The lowest BCUT2D eigenvalue weighted by molar-refractivity contribution is 0.223. The molecular weight excluding hydrogens is 344 g/mol. The van der Waals surface area contributed by atoms with Crippen molar-refractivity contribution in [2.45, 2.75) is 20.4 Å². The molecular formula is C17H19BrN2O2. The molecule has 0 atom stereocenters. The number of hydrogen-bond donors (Lipinski definition) is 2. The summed E-state index contributed by atoms with van der Waals surface area (Å²) in [5.74, 6) is 0.785. The molecule has 0 fully saturated rings. The van der Waals surface area contributed by atoms with Gasteiger partial charge in [-0.3, -0.25) is 0 Å². The molecule has 0 saturated heterocycles. The Hall–Kier alpha value is -2.01. The van der Waals surface area contributed by atoms with Gasteiger partial charge in [-0.15, -0.1) is 0 Å². The third-order valence-corrected chi connectivity index (χ3v) is 3.85. The highest BCUT2D eigenvalue weighted by atomic mass is 79.9. The molecule has 2 N–H and O–H groups in total. The second-order valence-corrected chi connectivity index (χ2v) is 5.89. The highest BCUT2D eigenvalue weighted by Gasteiger charge is 2.03. The highest BCUT2D eigenvalue weighted by Crippen LogP contribution is 2.19. The van der Waals surface area contributed by atoms with E-state index in [1.807, 2.05) is 56.3 Å². The van der Waals surface area contributed by atoms with Crippen molar-refractivity contribution in [3.05, 3.63) is 63.6 Å². The van der Waals surface area contributed by atoms with E-state index in [2.05, 4.69) is 26.6 Å². The number of carbonyl (C=O) groups excluding carboxylic acids is 1. The number of aryl methyl sites for hydroxylation is 1. The minimum Gasteiger partial charge on any atom is -0.473 e. The number of carbonyl (C=O) groups is 1. The quantitative estimate of drug-likeness (QED) is 0.792. The summed E-state index contributed by atoms with van der Waals surface area (Å²) in [6.45, 7) is 4.63. The summed E-state index contributed by atoms with van der Waals surface area (Å²) in [5, 5.41) is 5.47. The molecule has 22 heavy (non-hydrogen) atoms. The predicted octanol–water partition coefficient (Wildman–Crippen LogP) is 3.90. The van der Waals surface area contributed by atoms with Gasteiger partial charge in [-0.05, 0) is 48.7 Å². The zero-order valence-electron chi connectivity index (χ0n) is 12.7. The average Bonchev–Trinajstić information content (AvgIpc) is 2.49. The van der Waals surface area contributed by atoms with Crippen molar-refractivity contribution in [3.8, 4) is 5.75 Å². The lowest BCUT2D eigenvalue weighted by Gasteiger charge is -2.12. The van der Waals surface area contributed by atoms with Crippen LogP contribution in [0.25, 0.3) is 0 Å². The summed E-state index contributed by atoms with van der Waals surface area (Å²) < 4.78 is 6.57. The Morgan fingerprint density at radius 2 is 1.91 bits per heavy atom. The van der Waals surface area contributed by atoms with E-state index >= 15 is 0 Å². The molecule has 2 aromatic rings. The molecule has 0 aromatic heterocycles. The van der Waals surface area contributed by atoms with Crippen LogP contribution in [0.3, 0.4) is 0 Å². The van der Waals surface area contributed by atoms with E-state index in [0.29, 0.717) is 6.54 Å². The van der Waals surface area contributed by atoms with Crippen molar-refractivity contribution in [3.63, 3.8) is 0 Å². The fourth-order valence-electron chi connectivity index (χ4n) is 1.95. The number of hydrogen-bond acceptors (Lipinski definition) is 2. The standard InChI is InChI=1S/C17H19BrN2O2/c1-12-5-3-8-16(13(12)2)22-11-20-17(21)19-10-14-6-4-7-15(18)9-14/h3-9H,10-11H2,1-2H3,(H2,19,20,21). The van der Waals surface area contributed by atoms with E-state index in [-0.39, 0.29) is 12.8 Å². The Labute approximate surface area is 139 Å². The molecule has 2 aromatic carbocycles. The predicted molar refractivity (Wildman–Crippen MR) is 90.9 cm³/mol. The maximum Gasteiger partial charge on any atom is 0.317 e. The van der Waals surface area contributed by atoms with Crippen LogP contribution in [0.1, 0.15) is 16.7 Å². The first kappa shape index (κ1) is 16.4. The third kappa shape index (κ3) is 4.77. The summed E-state index contributed by atoms with van der Waals surface area (Å²) in [7, 11) is 0. The Balaban J connectivity index is 1.75. The lowest BCUT2D eigenvalue weighted by atomic mass is 10.1. The first-order valence-corrected chi connectivity index (χ1v) is 7.80. The second kappa shape index (κ2) is 7.84. The van der Waals surface area contributed by atoms with Crippen LogP contribution in [-0.2, 0) is 6.54 Å². The molecule has 0 aliphatic rings. The first-order chi connectivity index (χ1) is 10.6. The van der Waals surface area contributed by atoms with Crippen molar-refractivity contribution in [2.24, 2.45) is 0 Å². The van der Waals surface area contributed by atoms with Crippen LogP contribution in [0, 0.1) is 13.8 Å². The Bertz CT molecular complexity index is 659. The van der Waals surface area contributed by atoms with Crippen LogP contribution in [-0.4, -0.2) is 12.8 Å². The normalized spacial score (nSPS) is 10.1. The number of rotatable bonds is 5. The second-order valence-electron chi connectivity index (χ2n) is 4.98. The van der Waals surface area contributed by atoms with E-state index in [9.17, 15) is 4.79 Å². The summed E-state index contributed by atoms with van der Waals surface area (Å²) >= 11 is 3.40. The minimum absolute atomic E-state index is 0.134. The van der Waals surface area contributed by atoms with Gasteiger partial charge in [0.15, 0.2) is 6.73 Å². The van der Waals surface area contributed by atoms with Crippen LogP contribution in [0.15, 0.2) is 46.9 Å². The number of benzene rings is 2. The van der Waals surface area contributed by atoms with Crippen LogP contribution in [0.2, 0.25) is 0 Å². The zero-order chi connectivity index (χ0) is 15.9. The summed E-state index contributed by atoms with van der Waals surface area (Å²) in [6, 6.07) is 13.4. The van der Waals surface area contributed by atoms with Gasteiger partial charge in [0, 0.05) is 11.0 Å². The van der Waals surface area contributed by atoms with Gasteiger partial charge in [0.25, 0.3) is 0 Å². The molecule has 5 heteroatoms. The van der Waals surface area contributed by atoms with Gasteiger partial charge in [-0.25, -0.2) is 4.79 Å². The van der Waals surface area contributed by atoms with Crippen LogP contribution in [0.5, 0.6) is 5.75 Å². The molecule has 116 valence electrons. The van der Waals surface area contributed by atoms with Gasteiger partial charge in [0.05, 0.1) is 0 Å². The molecule has 0 bridgehead atoms. The minimum atomic E-state index is -0.259. The number of nitrogens with one attached hydrogen (secondary N) is 2. The Morgan fingerprint density at radius 1 is 1.14 bits per heavy atom.